The number of hydrogen-bond acceptors (Lipinski definition) is 3. The van der Waals surface area contributed by atoms with Gasteiger partial charge in [-0.25, -0.2) is 0 Å². The topological polar surface area (TPSA) is 49.8 Å². The Morgan fingerprint density at radius 2 is 2.05 bits per heavy atom. The van der Waals surface area contributed by atoms with E-state index in [2.05, 4.69) is 11.8 Å². The van der Waals surface area contributed by atoms with Crippen LogP contribution in [0.4, 0.5) is 0 Å². The molecule has 0 spiro atoms. The van der Waals surface area contributed by atoms with Gasteiger partial charge in [-0.1, -0.05) is 26.2 Å². The first kappa shape index (κ1) is 14.8. The van der Waals surface area contributed by atoms with Crippen LogP contribution in [0.5, 0.6) is 0 Å². The van der Waals surface area contributed by atoms with Gasteiger partial charge < -0.3 is 9.84 Å². The van der Waals surface area contributed by atoms with E-state index in [1.54, 1.807) is 0 Å². The molecule has 1 aliphatic carbocycles. The summed E-state index contributed by atoms with van der Waals surface area (Å²) >= 11 is 0. The second-order valence-electron chi connectivity index (χ2n) is 6.10. The minimum atomic E-state index is -0.651. The summed E-state index contributed by atoms with van der Waals surface area (Å²) < 4.78 is 5.42. The summed E-state index contributed by atoms with van der Waals surface area (Å²) in [7, 11) is 0. The molecular formula is C15H27NO3. The van der Waals surface area contributed by atoms with Gasteiger partial charge in [0.1, 0.15) is 0 Å². The van der Waals surface area contributed by atoms with Gasteiger partial charge in [0.05, 0.1) is 19.6 Å². The molecule has 2 rings (SSSR count). The minimum Gasteiger partial charge on any atom is -0.481 e. The van der Waals surface area contributed by atoms with Crippen LogP contribution in [-0.2, 0) is 9.53 Å². The van der Waals surface area contributed by atoms with Gasteiger partial charge in [0.2, 0.25) is 0 Å². The number of morpholine rings is 1. The molecule has 4 heteroatoms. The fraction of sp³-hybridized carbons (Fsp3) is 0.933. The number of aliphatic carboxylic acids is 1. The van der Waals surface area contributed by atoms with E-state index in [-0.39, 0.29) is 5.54 Å². The van der Waals surface area contributed by atoms with Gasteiger partial charge in [-0.15, -0.1) is 0 Å². The molecule has 4 nitrogen and oxygen atoms in total. The van der Waals surface area contributed by atoms with Gasteiger partial charge >= 0.3 is 5.97 Å². The SMILES string of the molecule is CCC1CCCC(CC(=O)O)(N2CCOCC2)CC1. The first-order chi connectivity index (χ1) is 9.16. The molecule has 0 aromatic heterocycles. The van der Waals surface area contributed by atoms with Crippen LogP contribution in [0.3, 0.4) is 0 Å². The Balaban J connectivity index is 2.11. The van der Waals surface area contributed by atoms with Crippen LogP contribution >= 0.6 is 0 Å². The first-order valence-corrected chi connectivity index (χ1v) is 7.71. The van der Waals surface area contributed by atoms with Gasteiger partial charge in [-0.2, -0.15) is 0 Å². The Labute approximate surface area is 116 Å². The zero-order valence-electron chi connectivity index (χ0n) is 12.1. The van der Waals surface area contributed by atoms with Crippen LogP contribution in [-0.4, -0.2) is 47.8 Å². The second-order valence-corrected chi connectivity index (χ2v) is 6.10. The molecule has 0 radical (unpaired) electrons. The van der Waals surface area contributed by atoms with Gasteiger partial charge in [0.15, 0.2) is 0 Å². The van der Waals surface area contributed by atoms with Gasteiger partial charge in [0.25, 0.3) is 0 Å². The summed E-state index contributed by atoms with van der Waals surface area (Å²) in [5.41, 5.74) is -0.112. The Morgan fingerprint density at radius 1 is 1.32 bits per heavy atom. The third kappa shape index (κ3) is 3.69. The van der Waals surface area contributed by atoms with E-state index in [0.717, 1.165) is 45.1 Å². The molecule has 0 bridgehead atoms. The summed E-state index contributed by atoms with van der Waals surface area (Å²) in [6, 6.07) is 0. The van der Waals surface area contributed by atoms with E-state index in [9.17, 15) is 9.90 Å². The monoisotopic (exact) mass is 269 g/mol. The normalized spacial score (nSPS) is 33.8. The highest BCUT2D eigenvalue weighted by molar-refractivity contribution is 5.68. The number of carbonyl (C=O) groups is 1. The van der Waals surface area contributed by atoms with Crippen LogP contribution in [0.15, 0.2) is 0 Å². The molecule has 19 heavy (non-hydrogen) atoms. The van der Waals surface area contributed by atoms with Crippen molar-refractivity contribution in [1.29, 1.82) is 0 Å². The Kier molecular flexibility index (Phi) is 5.22. The molecule has 1 N–H and O–H groups in total. The number of carboxylic acids is 1. The fourth-order valence-corrected chi connectivity index (χ4v) is 3.79. The van der Waals surface area contributed by atoms with Crippen LogP contribution in [0.2, 0.25) is 0 Å². The summed E-state index contributed by atoms with van der Waals surface area (Å²) in [4.78, 5) is 13.7. The average molecular weight is 269 g/mol. The largest absolute Gasteiger partial charge is 0.481 e. The molecule has 2 unspecified atom stereocenters. The number of nitrogens with zero attached hydrogens (tertiary/aromatic N) is 1. The van der Waals surface area contributed by atoms with E-state index in [1.807, 2.05) is 0 Å². The van der Waals surface area contributed by atoms with E-state index in [0.29, 0.717) is 6.42 Å². The van der Waals surface area contributed by atoms with Crippen molar-refractivity contribution in [3.05, 3.63) is 0 Å². The van der Waals surface area contributed by atoms with Crippen molar-refractivity contribution in [3.8, 4) is 0 Å². The molecule has 0 aromatic carbocycles. The molecule has 1 saturated heterocycles. The Bertz CT molecular complexity index is 302. The van der Waals surface area contributed by atoms with Crippen LogP contribution in [0.25, 0.3) is 0 Å². The average Bonchev–Trinajstić information content (AvgIpc) is 2.62. The molecule has 110 valence electrons. The van der Waals surface area contributed by atoms with E-state index < -0.39 is 5.97 Å². The third-order valence-electron chi connectivity index (χ3n) is 5.01. The highest BCUT2D eigenvalue weighted by atomic mass is 16.5. The number of ether oxygens (including phenoxy) is 1. The molecule has 0 aromatic rings. The van der Waals surface area contributed by atoms with Crippen LogP contribution < -0.4 is 0 Å². The Hall–Kier alpha value is -0.610. The van der Waals surface area contributed by atoms with E-state index >= 15 is 0 Å². The molecule has 2 atom stereocenters. The van der Waals surface area contributed by atoms with Crippen molar-refractivity contribution in [1.82, 2.24) is 4.90 Å². The second kappa shape index (κ2) is 6.71. The third-order valence-corrected chi connectivity index (χ3v) is 5.01. The zero-order chi connectivity index (χ0) is 13.7. The van der Waals surface area contributed by atoms with Crippen molar-refractivity contribution in [2.75, 3.05) is 26.3 Å². The lowest BCUT2D eigenvalue weighted by Gasteiger charge is -2.45. The highest BCUT2D eigenvalue weighted by Gasteiger charge is 2.40. The lowest BCUT2D eigenvalue weighted by molar-refractivity contribution is -0.142. The van der Waals surface area contributed by atoms with Crippen molar-refractivity contribution >= 4 is 5.97 Å². The van der Waals surface area contributed by atoms with Crippen molar-refractivity contribution < 1.29 is 14.6 Å². The standard InChI is InChI=1S/C15H27NO3/c1-2-13-4-3-6-15(7-5-13,12-14(17)18)16-8-10-19-11-9-16/h13H,2-12H2,1H3,(H,17,18). The molecular weight excluding hydrogens is 242 g/mol. The summed E-state index contributed by atoms with van der Waals surface area (Å²) in [6.07, 6.45) is 7.22. The number of carboxylic acid groups (broad SMARTS) is 1. The van der Waals surface area contributed by atoms with E-state index in [4.69, 9.17) is 4.74 Å². The number of hydrogen-bond donors (Lipinski definition) is 1. The molecule has 1 saturated carbocycles. The van der Waals surface area contributed by atoms with E-state index in [1.165, 1.54) is 25.7 Å². The Morgan fingerprint density at radius 3 is 2.68 bits per heavy atom. The van der Waals surface area contributed by atoms with Crippen LogP contribution in [0.1, 0.15) is 51.9 Å². The maximum Gasteiger partial charge on any atom is 0.305 e. The van der Waals surface area contributed by atoms with Gasteiger partial charge in [-0.3, -0.25) is 9.69 Å². The fourth-order valence-electron chi connectivity index (χ4n) is 3.79. The molecule has 1 aliphatic heterocycles. The zero-order valence-corrected chi connectivity index (χ0v) is 12.1. The minimum absolute atomic E-state index is 0.112. The maximum atomic E-state index is 11.3. The molecule has 2 aliphatic rings. The van der Waals surface area contributed by atoms with Crippen molar-refractivity contribution in [3.63, 3.8) is 0 Å². The molecule has 2 fully saturated rings. The summed E-state index contributed by atoms with van der Waals surface area (Å²) in [6.45, 7) is 5.54. The molecule has 0 amide bonds. The predicted molar refractivity (Wildman–Crippen MR) is 74.2 cm³/mol. The van der Waals surface area contributed by atoms with Crippen LogP contribution in [0, 0.1) is 5.92 Å². The summed E-state index contributed by atoms with van der Waals surface area (Å²) in [5.74, 6) is 0.137. The quantitative estimate of drug-likeness (QED) is 0.797. The lowest BCUT2D eigenvalue weighted by atomic mass is 9.84. The van der Waals surface area contributed by atoms with Gasteiger partial charge in [-0.05, 0) is 25.2 Å². The van der Waals surface area contributed by atoms with Crippen molar-refractivity contribution in [2.24, 2.45) is 5.92 Å². The summed E-state index contributed by atoms with van der Waals surface area (Å²) in [5, 5.41) is 9.32. The highest BCUT2D eigenvalue weighted by Crippen LogP contribution is 2.38. The molecule has 1 heterocycles. The first-order valence-electron chi connectivity index (χ1n) is 7.71. The smallest absolute Gasteiger partial charge is 0.305 e. The lowest BCUT2D eigenvalue weighted by Crippen LogP contribution is -2.54. The van der Waals surface area contributed by atoms with Crippen molar-refractivity contribution in [2.45, 2.75) is 57.4 Å². The van der Waals surface area contributed by atoms with Gasteiger partial charge in [0, 0.05) is 18.6 Å². The maximum absolute atomic E-state index is 11.3. The predicted octanol–water partition coefficient (Wildman–Crippen LogP) is 2.52. The number of rotatable bonds is 4.